The highest BCUT2D eigenvalue weighted by molar-refractivity contribution is 5.93. The van der Waals surface area contributed by atoms with E-state index in [1.807, 2.05) is 36.4 Å². The number of ether oxygens (including phenoxy) is 2. The summed E-state index contributed by atoms with van der Waals surface area (Å²) in [6.45, 7) is 0. The average Bonchev–Trinajstić information content (AvgIpc) is 2.82. The molecule has 0 spiro atoms. The number of carbonyl (C=O) groups excluding carboxylic acids is 1. The van der Waals surface area contributed by atoms with E-state index in [1.54, 1.807) is 7.11 Å². The SMILES string of the molecule is COC(=O)c1ccc2c(c1)C(c1ccccc1OC)=CCCC2. The monoisotopic (exact) mass is 308 g/mol. The molecule has 1 aliphatic rings. The standard InChI is InChI=1S/C20H20O3/c1-22-19-10-6-5-9-17(19)16-8-4-3-7-14-11-12-15(13-18(14)16)20(21)23-2/h5-6,8-13H,3-4,7H2,1-2H3. The zero-order valence-corrected chi connectivity index (χ0v) is 13.5. The number of methoxy groups -OCH3 is 2. The topological polar surface area (TPSA) is 35.5 Å². The molecule has 118 valence electrons. The third-order valence-corrected chi connectivity index (χ3v) is 4.22. The van der Waals surface area contributed by atoms with Crippen LogP contribution < -0.4 is 4.74 Å². The molecule has 0 aromatic heterocycles. The summed E-state index contributed by atoms with van der Waals surface area (Å²) in [6.07, 6.45) is 5.36. The van der Waals surface area contributed by atoms with Crippen molar-refractivity contribution in [2.75, 3.05) is 14.2 Å². The predicted octanol–water partition coefficient (Wildman–Crippen LogP) is 4.25. The largest absolute Gasteiger partial charge is 0.496 e. The molecule has 0 amide bonds. The van der Waals surface area contributed by atoms with E-state index >= 15 is 0 Å². The van der Waals surface area contributed by atoms with Gasteiger partial charge in [-0.05, 0) is 54.2 Å². The first kappa shape index (κ1) is 15.3. The first-order chi connectivity index (χ1) is 11.2. The summed E-state index contributed by atoms with van der Waals surface area (Å²) >= 11 is 0. The molecule has 0 atom stereocenters. The van der Waals surface area contributed by atoms with Crippen LogP contribution in [-0.2, 0) is 11.2 Å². The number of benzene rings is 2. The number of hydrogen-bond donors (Lipinski definition) is 0. The van der Waals surface area contributed by atoms with Gasteiger partial charge in [0.25, 0.3) is 0 Å². The Morgan fingerprint density at radius 1 is 1.04 bits per heavy atom. The third kappa shape index (κ3) is 3.00. The summed E-state index contributed by atoms with van der Waals surface area (Å²) in [4.78, 5) is 11.9. The van der Waals surface area contributed by atoms with Gasteiger partial charge in [-0.3, -0.25) is 0 Å². The smallest absolute Gasteiger partial charge is 0.337 e. The van der Waals surface area contributed by atoms with Crippen LogP contribution in [0.2, 0.25) is 0 Å². The van der Waals surface area contributed by atoms with Crippen LogP contribution in [0, 0.1) is 0 Å². The van der Waals surface area contributed by atoms with Crippen LogP contribution in [0.4, 0.5) is 0 Å². The van der Waals surface area contributed by atoms with Crippen molar-refractivity contribution < 1.29 is 14.3 Å². The Labute approximate surface area is 136 Å². The molecule has 0 radical (unpaired) electrons. The molecule has 0 saturated heterocycles. The van der Waals surface area contributed by atoms with E-state index in [0.29, 0.717) is 5.56 Å². The number of para-hydroxylation sites is 1. The van der Waals surface area contributed by atoms with Gasteiger partial charge in [0.2, 0.25) is 0 Å². The summed E-state index contributed by atoms with van der Waals surface area (Å²) in [5, 5.41) is 0. The number of fused-ring (bicyclic) bond motifs is 1. The van der Waals surface area contributed by atoms with Gasteiger partial charge in [0, 0.05) is 5.56 Å². The van der Waals surface area contributed by atoms with Crippen molar-refractivity contribution in [2.24, 2.45) is 0 Å². The lowest BCUT2D eigenvalue weighted by atomic mass is 9.92. The van der Waals surface area contributed by atoms with Crippen molar-refractivity contribution in [3.05, 3.63) is 70.8 Å². The molecule has 0 heterocycles. The lowest BCUT2D eigenvalue weighted by Crippen LogP contribution is -2.04. The second kappa shape index (κ2) is 6.69. The van der Waals surface area contributed by atoms with Crippen LogP contribution in [0.25, 0.3) is 5.57 Å². The van der Waals surface area contributed by atoms with Crippen molar-refractivity contribution in [3.8, 4) is 5.75 Å². The molecular weight excluding hydrogens is 288 g/mol. The van der Waals surface area contributed by atoms with E-state index in [4.69, 9.17) is 9.47 Å². The van der Waals surface area contributed by atoms with Crippen molar-refractivity contribution >= 4 is 11.5 Å². The van der Waals surface area contributed by atoms with Gasteiger partial charge in [0.15, 0.2) is 0 Å². The highest BCUT2D eigenvalue weighted by Crippen LogP contribution is 2.36. The van der Waals surface area contributed by atoms with E-state index in [2.05, 4.69) is 12.1 Å². The molecule has 3 nitrogen and oxygen atoms in total. The highest BCUT2D eigenvalue weighted by Gasteiger charge is 2.18. The van der Waals surface area contributed by atoms with E-state index < -0.39 is 0 Å². The van der Waals surface area contributed by atoms with Crippen LogP contribution in [0.15, 0.2) is 48.5 Å². The van der Waals surface area contributed by atoms with E-state index in [9.17, 15) is 4.79 Å². The van der Waals surface area contributed by atoms with Crippen LogP contribution in [0.5, 0.6) is 5.75 Å². The molecule has 0 bridgehead atoms. The fourth-order valence-corrected chi connectivity index (χ4v) is 3.06. The molecule has 0 fully saturated rings. The molecule has 3 heteroatoms. The summed E-state index contributed by atoms with van der Waals surface area (Å²) in [7, 11) is 3.09. The first-order valence-electron chi connectivity index (χ1n) is 7.79. The first-order valence-corrected chi connectivity index (χ1v) is 7.79. The number of allylic oxidation sites excluding steroid dienone is 1. The van der Waals surface area contributed by atoms with Crippen molar-refractivity contribution in [2.45, 2.75) is 19.3 Å². The second-order valence-corrected chi connectivity index (χ2v) is 5.57. The summed E-state index contributed by atoms with van der Waals surface area (Å²) < 4.78 is 10.4. The molecule has 2 aromatic rings. The lowest BCUT2D eigenvalue weighted by molar-refractivity contribution is 0.0600. The van der Waals surface area contributed by atoms with Gasteiger partial charge in [-0.2, -0.15) is 0 Å². The van der Waals surface area contributed by atoms with E-state index in [0.717, 1.165) is 41.7 Å². The summed E-state index contributed by atoms with van der Waals surface area (Å²) in [5.74, 6) is 0.534. The van der Waals surface area contributed by atoms with Gasteiger partial charge >= 0.3 is 5.97 Å². The minimum absolute atomic E-state index is 0.309. The maximum absolute atomic E-state index is 11.9. The van der Waals surface area contributed by atoms with Gasteiger partial charge in [0.1, 0.15) is 5.75 Å². The molecule has 0 saturated carbocycles. The Kier molecular flexibility index (Phi) is 4.47. The fourth-order valence-electron chi connectivity index (χ4n) is 3.06. The minimum atomic E-state index is -0.309. The van der Waals surface area contributed by atoms with Crippen LogP contribution in [-0.4, -0.2) is 20.2 Å². The van der Waals surface area contributed by atoms with E-state index in [-0.39, 0.29) is 5.97 Å². The number of hydrogen-bond acceptors (Lipinski definition) is 3. The maximum Gasteiger partial charge on any atom is 0.337 e. The minimum Gasteiger partial charge on any atom is -0.496 e. The average molecular weight is 308 g/mol. The molecular formula is C20H20O3. The van der Waals surface area contributed by atoms with Crippen molar-refractivity contribution in [1.82, 2.24) is 0 Å². The van der Waals surface area contributed by atoms with Crippen LogP contribution in [0.1, 0.15) is 39.9 Å². The van der Waals surface area contributed by atoms with Gasteiger partial charge in [0.05, 0.1) is 19.8 Å². The van der Waals surface area contributed by atoms with Crippen LogP contribution >= 0.6 is 0 Å². The number of rotatable bonds is 3. The Morgan fingerprint density at radius 2 is 1.87 bits per heavy atom. The Bertz CT molecular complexity index is 759. The molecule has 1 aliphatic carbocycles. The second-order valence-electron chi connectivity index (χ2n) is 5.57. The fraction of sp³-hybridized carbons (Fsp3) is 0.250. The van der Waals surface area contributed by atoms with Crippen LogP contribution in [0.3, 0.4) is 0 Å². The van der Waals surface area contributed by atoms with Gasteiger partial charge in [-0.25, -0.2) is 4.79 Å². The van der Waals surface area contributed by atoms with Gasteiger partial charge in [-0.15, -0.1) is 0 Å². The Balaban J connectivity index is 2.16. The Hall–Kier alpha value is -2.55. The normalized spacial score (nSPS) is 13.6. The quantitative estimate of drug-likeness (QED) is 0.795. The molecule has 23 heavy (non-hydrogen) atoms. The third-order valence-electron chi connectivity index (χ3n) is 4.22. The predicted molar refractivity (Wildman–Crippen MR) is 90.8 cm³/mol. The molecule has 2 aromatic carbocycles. The molecule has 0 aliphatic heterocycles. The molecule has 0 N–H and O–H groups in total. The molecule has 3 rings (SSSR count). The number of carbonyl (C=O) groups is 1. The summed E-state index contributed by atoms with van der Waals surface area (Å²) in [5.41, 5.74) is 5.11. The van der Waals surface area contributed by atoms with Gasteiger partial charge < -0.3 is 9.47 Å². The van der Waals surface area contributed by atoms with Crippen molar-refractivity contribution in [3.63, 3.8) is 0 Å². The molecule has 0 unspecified atom stereocenters. The Morgan fingerprint density at radius 3 is 2.65 bits per heavy atom. The highest BCUT2D eigenvalue weighted by atomic mass is 16.5. The van der Waals surface area contributed by atoms with Crippen molar-refractivity contribution in [1.29, 1.82) is 0 Å². The number of esters is 1. The van der Waals surface area contributed by atoms with Gasteiger partial charge in [-0.1, -0.05) is 30.3 Å². The summed E-state index contributed by atoms with van der Waals surface area (Å²) in [6, 6.07) is 13.8. The number of aryl methyl sites for hydroxylation is 1. The zero-order valence-electron chi connectivity index (χ0n) is 13.5. The lowest BCUT2D eigenvalue weighted by Gasteiger charge is -2.15. The van der Waals surface area contributed by atoms with E-state index in [1.165, 1.54) is 12.7 Å². The maximum atomic E-state index is 11.9. The zero-order chi connectivity index (χ0) is 16.2.